The number of aromatic nitrogens is 1. The average molecular weight is 573 g/mol. The maximum Gasteiger partial charge on any atom is 0.514 e. The minimum atomic E-state index is -0.938. The summed E-state index contributed by atoms with van der Waals surface area (Å²) < 4.78 is 34.7. The van der Waals surface area contributed by atoms with Crippen LogP contribution in [0.5, 0.6) is 5.75 Å². The van der Waals surface area contributed by atoms with Gasteiger partial charge in [0.2, 0.25) is 0 Å². The number of aromatic amines is 1. The molecule has 5 rings (SSSR count). The third kappa shape index (κ3) is 6.12. The number of H-pyrrole nitrogens is 1. The van der Waals surface area contributed by atoms with Gasteiger partial charge in [-0.1, -0.05) is 44.2 Å². The van der Waals surface area contributed by atoms with E-state index in [1.165, 1.54) is 35.4 Å². The Morgan fingerprint density at radius 2 is 1.64 bits per heavy atom. The Morgan fingerprint density at radius 1 is 0.929 bits per heavy atom. The molecule has 4 aromatic rings. The van der Waals surface area contributed by atoms with Crippen molar-refractivity contribution in [1.29, 1.82) is 0 Å². The first-order valence-electron chi connectivity index (χ1n) is 13.3. The lowest BCUT2D eigenvalue weighted by Gasteiger charge is -2.29. The first-order valence-corrected chi connectivity index (χ1v) is 13.3. The van der Waals surface area contributed by atoms with Crippen LogP contribution in [0.25, 0.3) is 16.7 Å². The van der Waals surface area contributed by atoms with Crippen molar-refractivity contribution in [3.63, 3.8) is 0 Å². The van der Waals surface area contributed by atoms with Crippen molar-refractivity contribution in [1.82, 2.24) is 9.88 Å². The molecule has 1 N–H and O–H groups in total. The molecule has 0 saturated heterocycles. The summed E-state index contributed by atoms with van der Waals surface area (Å²) in [4.78, 5) is 42.9. The van der Waals surface area contributed by atoms with Gasteiger partial charge in [-0.05, 0) is 54.4 Å². The highest BCUT2D eigenvalue weighted by Gasteiger charge is 2.37. The van der Waals surface area contributed by atoms with Gasteiger partial charge in [0.15, 0.2) is 5.76 Å². The topological polar surface area (TPSA) is 107 Å². The van der Waals surface area contributed by atoms with E-state index >= 15 is 0 Å². The molecule has 2 heterocycles. The Bertz CT molecular complexity index is 1660. The van der Waals surface area contributed by atoms with Crippen molar-refractivity contribution < 1.29 is 37.7 Å². The van der Waals surface area contributed by atoms with Crippen molar-refractivity contribution in [3.05, 3.63) is 107 Å². The number of rotatable bonds is 6. The van der Waals surface area contributed by atoms with Gasteiger partial charge in [-0.15, -0.1) is 0 Å². The number of hydrogen-bond donors (Lipinski definition) is 1. The van der Waals surface area contributed by atoms with E-state index in [9.17, 15) is 18.8 Å². The molecule has 0 saturated carbocycles. The van der Waals surface area contributed by atoms with Gasteiger partial charge in [0.1, 0.15) is 18.2 Å². The van der Waals surface area contributed by atoms with Crippen molar-refractivity contribution >= 4 is 34.9 Å². The first-order chi connectivity index (χ1) is 20.1. The molecule has 3 aromatic carbocycles. The molecule has 0 radical (unpaired) electrons. The lowest BCUT2D eigenvalue weighted by Crippen LogP contribution is -2.36. The molecular weight excluding hydrogens is 543 g/mol. The van der Waals surface area contributed by atoms with Crippen LogP contribution >= 0.6 is 0 Å². The molecule has 10 heteroatoms. The van der Waals surface area contributed by atoms with E-state index in [2.05, 4.69) is 4.98 Å². The van der Waals surface area contributed by atoms with Crippen molar-refractivity contribution in [2.75, 3.05) is 13.2 Å². The summed E-state index contributed by atoms with van der Waals surface area (Å²) in [6.45, 7) is 5.93. The second-order valence-corrected chi connectivity index (χ2v) is 10.3. The molecule has 0 spiro atoms. The molecule has 9 nitrogen and oxygen atoms in total. The highest BCUT2D eigenvalue weighted by Crippen LogP contribution is 2.41. The number of fused-ring (bicyclic) bond motifs is 3. The van der Waals surface area contributed by atoms with Crippen molar-refractivity contribution in [2.45, 2.75) is 32.8 Å². The molecule has 42 heavy (non-hydrogen) atoms. The Balaban J connectivity index is 1.48. The quantitative estimate of drug-likeness (QED) is 0.197. The minimum Gasteiger partial charge on any atom is -0.434 e. The largest absolute Gasteiger partial charge is 0.514 e. The highest BCUT2D eigenvalue weighted by molar-refractivity contribution is 5.97. The number of benzene rings is 3. The molecular formula is C32H29FN2O7. The summed E-state index contributed by atoms with van der Waals surface area (Å²) in [5.74, 6) is -0.545. The lowest BCUT2D eigenvalue weighted by atomic mass is 9.82. The summed E-state index contributed by atoms with van der Waals surface area (Å²) in [5.41, 5.74) is 2.29. The molecule has 216 valence electrons. The van der Waals surface area contributed by atoms with E-state index in [4.69, 9.17) is 18.9 Å². The second kappa shape index (κ2) is 11.8. The number of hydrogen-bond acceptors (Lipinski definition) is 7. The van der Waals surface area contributed by atoms with E-state index < -0.39 is 29.5 Å². The van der Waals surface area contributed by atoms with Gasteiger partial charge >= 0.3 is 12.3 Å². The third-order valence-corrected chi connectivity index (χ3v) is 6.74. The van der Waals surface area contributed by atoms with Gasteiger partial charge in [0.05, 0.1) is 18.5 Å². The van der Waals surface area contributed by atoms with Gasteiger partial charge < -0.3 is 28.8 Å². The maximum absolute atomic E-state index is 13.5. The number of amides is 1. The van der Waals surface area contributed by atoms with Crippen LogP contribution in [0.2, 0.25) is 0 Å². The van der Waals surface area contributed by atoms with Crippen molar-refractivity contribution in [3.8, 4) is 5.75 Å². The van der Waals surface area contributed by atoms with Crippen LogP contribution < -0.4 is 4.74 Å². The fraction of sp³-hybridized carbons (Fsp3) is 0.219. The van der Waals surface area contributed by atoms with Crippen LogP contribution in [0.4, 0.5) is 14.0 Å². The van der Waals surface area contributed by atoms with Gasteiger partial charge in [-0.25, -0.2) is 14.0 Å². The zero-order valence-corrected chi connectivity index (χ0v) is 23.3. The molecule has 0 bridgehead atoms. The maximum atomic E-state index is 13.5. The molecule has 0 atom stereocenters. The molecule has 1 aliphatic rings. The van der Waals surface area contributed by atoms with E-state index in [1.54, 1.807) is 25.1 Å². The SMILES string of the molecule is CCOC(=O)OC1=CN(C(=O)c2ccc(F)cc2)CC(C)(C)c2c1[nH]c1cc(OC(=O)OCc3ccccc3)ccc21. The summed E-state index contributed by atoms with van der Waals surface area (Å²) in [6.07, 6.45) is -0.357. The molecule has 0 aliphatic carbocycles. The lowest BCUT2D eigenvalue weighted by molar-refractivity contribution is 0.0787. The smallest absolute Gasteiger partial charge is 0.434 e. The fourth-order valence-electron chi connectivity index (χ4n) is 4.93. The summed E-state index contributed by atoms with van der Waals surface area (Å²) in [5, 5.41) is 0.773. The number of halogens is 1. The molecule has 1 aliphatic heterocycles. The van der Waals surface area contributed by atoms with Crippen LogP contribution in [0.15, 0.2) is 79.0 Å². The predicted molar refractivity (Wildman–Crippen MR) is 152 cm³/mol. The summed E-state index contributed by atoms with van der Waals surface area (Å²) in [6, 6.07) is 19.5. The molecule has 0 unspecified atom stereocenters. The van der Waals surface area contributed by atoms with Gasteiger partial charge in [-0.3, -0.25) is 4.79 Å². The van der Waals surface area contributed by atoms with Gasteiger partial charge in [0, 0.05) is 34.5 Å². The number of nitrogens with one attached hydrogen (secondary N) is 1. The number of carbonyl (C=O) groups excluding carboxylic acids is 3. The zero-order valence-electron chi connectivity index (χ0n) is 23.3. The average Bonchev–Trinajstić information content (AvgIpc) is 3.31. The van der Waals surface area contributed by atoms with Gasteiger partial charge in [0.25, 0.3) is 5.91 Å². The highest BCUT2D eigenvalue weighted by atomic mass is 19.1. The Morgan fingerprint density at radius 3 is 2.36 bits per heavy atom. The third-order valence-electron chi connectivity index (χ3n) is 6.74. The minimum absolute atomic E-state index is 0.0606. The number of carbonyl (C=O) groups is 3. The summed E-state index contributed by atoms with van der Waals surface area (Å²) >= 11 is 0. The van der Waals surface area contributed by atoms with Crippen LogP contribution in [0.1, 0.15) is 48.0 Å². The second-order valence-electron chi connectivity index (χ2n) is 10.3. The van der Waals surface area contributed by atoms with Crippen LogP contribution in [-0.4, -0.2) is 41.3 Å². The zero-order chi connectivity index (χ0) is 29.9. The molecule has 1 aromatic heterocycles. The molecule has 0 fully saturated rings. The van der Waals surface area contributed by atoms with E-state index in [-0.39, 0.29) is 36.8 Å². The Labute approximate surface area is 241 Å². The standard InChI is InChI=1S/C32H29FN2O7/c1-4-39-30(37)42-26-17-35(29(36)21-10-12-22(33)13-11-21)19-32(2,3)27-24-15-14-23(16-25(24)34-28(26)27)41-31(38)40-18-20-8-6-5-7-9-20/h5-17,34H,4,18-19H2,1-3H3. The Kier molecular flexibility index (Phi) is 7.97. The Hall–Kier alpha value is -5.12. The molecule has 1 amide bonds. The van der Waals surface area contributed by atoms with Crippen LogP contribution in [-0.2, 0) is 26.2 Å². The van der Waals surface area contributed by atoms with E-state index in [1.807, 2.05) is 44.2 Å². The summed E-state index contributed by atoms with van der Waals surface area (Å²) in [7, 11) is 0. The van der Waals surface area contributed by atoms with Gasteiger partial charge in [-0.2, -0.15) is 0 Å². The fourth-order valence-corrected chi connectivity index (χ4v) is 4.93. The van der Waals surface area contributed by atoms with Crippen molar-refractivity contribution in [2.24, 2.45) is 0 Å². The van der Waals surface area contributed by atoms with Crippen LogP contribution in [0, 0.1) is 5.82 Å². The number of nitrogens with zero attached hydrogens (tertiary/aromatic N) is 1. The number of ether oxygens (including phenoxy) is 4. The first kappa shape index (κ1) is 28.4. The predicted octanol–water partition coefficient (Wildman–Crippen LogP) is 6.93. The van der Waals surface area contributed by atoms with E-state index in [0.717, 1.165) is 16.5 Å². The monoisotopic (exact) mass is 572 g/mol. The van der Waals surface area contributed by atoms with Crippen LogP contribution in [0.3, 0.4) is 0 Å². The normalized spacial score (nSPS) is 13.9. The van der Waals surface area contributed by atoms with E-state index in [0.29, 0.717) is 11.2 Å².